The summed E-state index contributed by atoms with van der Waals surface area (Å²) < 4.78 is 43.8. The minimum absolute atomic E-state index is 0.0508. The summed E-state index contributed by atoms with van der Waals surface area (Å²) >= 11 is 2.87. The fraction of sp³-hybridized carbons (Fsp3) is 0.188. The number of alkyl halides is 3. The first-order valence-electron chi connectivity index (χ1n) is 6.68. The van der Waals surface area contributed by atoms with Crippen molar-refractivity contribution in [2.24, 2.45) is 4.99 Å². The summed E-state index contributed by atoms with van der Waals surface area (Å²) in [5.74, 6) is 0.189. The number of aliphatic imine (C=N–C) groups is 1. The molecule has 7 heteroatoms. The lowest BCUT2D eigenvalue weighted by atomic mass is 10.2. The fourth-order valence-corrected chi connectivity index (χ4v) is 2.34. The standard InChI is InChI=1S/C16H13BrF3NO2/c1-2-23-14-5-3-4-10(15(14)22)9-21-11-6-7-13(17)12(8-11)16(18,19)20/h3-9,22H,2H2,1H3. The van der Waals surface area contributed by atoms with Crippen LogP contribution in [0.1, 0.15) is 18.1 Å². The molecule has 0 aliphatic rings. The predicted molar refractivity (Wildman–Crippen MR) is 85.7 cm³/mol. The van der Waals surface area contributed by atoms with E-state index in [1.807, 2.05) is 0 Å². The van der Waals surface area contributed by atoms with Gasteiger partial charge < -0.3 is 9.84 Å². The Bertz CT molecular complexity index is 730. The molecule has 0 spiro atoms. The van der Waals surface area contributed by atoms with Crippen molar-refractivity contribution in [1.29, 1.82) is 0 Å². The largest absolute Gasteiger partial charge is 0.504 e. The Morgan fingerprint density at radius 3 is 2.65 bits per heavy atom. The molecule has 122 valence electrons. The van der Waals surface area contributed by atoms with E-state index in [2.05, 4.69) is 20.9 Å². The lowest BCUT2D eigenvalue weighted by Gasteiger charge is -2.09. The SMILES string of the molecule is CCOc1cccc(C=Nc2ccc(Br)c(C(F)(F)F)c2)c1O. The van der Waals surface area contributed by atoms with Gasteiger partial charge in [0, 0.05) is 16.3 Å². The number of hydrogen-bond donors (Lipinski definition) is 1. The summed E-state index contributed by atoms with van der Waals surface area (Å²) in [4.78, 5) is 3.99. The van der Waals surface area contributed by atoms with Gasteiger partial charge in [0.1, 0.15) is 0 Å². The normalized spacial score (nSPS) is 11.9. The van der Waals surface area contributed by atoms with Crippen molar-refractivity contribution in [3.63, 3.8) is 0 Å². The van der Waals surface area contributed by atoms with Gasteiger partial charge in [-0.3, -0.25) is 4.99 Å². The van der Waals surface area contributed by atoms with Crippen LogP contribution in [0.5, 0.6) is 11.5 Å². The third kappa shape index (κ3) is 4.25. The highest BCUT2D eigenvalue weighted by Crippen LogP contribution is 2.37. The number of benzene rings is 2. The molecule has 2 aromatic rings. The highest BCUT2D eigenvalue weighted by Gasteiger charge is 2.33. The fourth-order valence-electron chi connectivity index (χ4n) is 1.87. The van der Waals surface area contributed by atoms with E-state index in [0.717, 1.165) is 6.07 Å². The molecule has 0 radical (unpaired) electrons. The molecule has 0 aromatic heterocycles. The average Bonchev–Trinajstić information content (AvgIpc) is 2.48. The van der Waals surface area contributed by atoms with Crippen LogP contribution < -0.4 is 4.74 Å². The van der Waals surface area contributed by atoms with Gasteiger partial charge in [0.2, 0.25) is 0 Å². The first-order valence-corrected chi connectivity index (χ1v) is 7.47. The lowest BCUT2D eigenvalue weighted by molar-refractivity contribution is -0.138. The smallest absolute Gasteiger partial charge is 0.417 e. The van der Waals surface area contributed by atoms with E-state index >= 15 is 0 Å². The van der Waals surface area contributed by atoms with E-state index in [9.17, 15) is 18.3 Å². The van der Waals surface area contributed by atoms with E-state index < -0.39 is 11.7 Å². The summed E-state index contributed by atoms with van der Waals surface area (Å²) in [6.07, 6.45) is -3.18. The zero-order valence-electron chi connectivity index (χ0n) is 12.1. The molecule has 0 atom stereocenters. The molecule has 0 fully saturated rings. The molecule has 0 heterocycles. The van der Waals surface area contributed by atoms with Crippen molar-refractivity contribution in [2.45, 2.75) is 13.1 Å². The second-order valence-corrected chi connectivity index (χ2v) is 5.40. The molecule has 1 N–H and O–H groups in total. The summed E-state index contributed by atoms with van der Waals surface area (Å²) in [7, 11) is 0. The number of aromatic hydroxyl groups is 1. The molecule has 2 rings (SSSR count). The van der Waals surface area contributed by atoms with Gasteiger partial charge in [-0.15, -0.1) is 0 Å². The molecule has 23 heavy (non-hydrogen) atoms. The van der Waals surface area contributed by atoms with Gasteiger partial charge in [-0.1, -0.05) is 22.0 Å². The van der Waals surface area contributed by atoms with Gasteiger partial charge in [0.15, 0.2) is 11.5 Å². The van der Waals surface area contributed by atoms with Crippen LogP contribution in [0.4, 0.5) is 18.9 Å². The van der Waals surface area contributed by atoms with Crippen molar-refractivity contribution in [1.82, 2.24) is 0 Å². The summed E-state index contributed by atoms with van der Waals surface area (Å²) in [6, 6.07) is 8.51. The molecule has 0 saturated heterocycles. The molecule has 0 unspecified atom stereocenters. The van der Waals surface area contributed by atoms with Crippen LogP contribution in [0.15, 0.2) is 45.9 Å². The first-order chi connectivity index (χ1) is 10.8. The number of nitrogens with zero attached hydrogens (tertiary/aromatic N) is 1. The average molecular weight is 388 g/mol. The molecule has 0 aliphatic carbocycles. The number of para-hydroxylation sites is 1. The minimum atomic E-state index is -4.47. The topological polar surface area (TPSA) is 41.8 Å². The van der Waals surface area contributed by atoms with Crippen LogP contribution in [0.2, 0.25) is 0 Å². The molecule has 3 nitrogen and oxygen atoms in total. The van der Waals surface area contributed by atoms with E-state index in [4.69, 9.17) is 4.74 Å². The van der Waals surface area contributed by atoms with Gasteiger partial charge in [0.25, 0.3) is 0 Å². The second kappa shape index (κ2) is 7.04. The van der Waals surface area contributed by atoms with Crippen LogP contribution >= 0.6 is 15.9 Å². The van der Waals surface area contributed by atoms with Crippen molar-refractivity contribution in [2.75, 3.05) is 6.61 Å². The van der Waals surface area contributed by atoms with E-state index in [-0.39, 0.29) is 15.9 Å². The minimum Gasteiger partial charge on any atom is -0.504 e. The van der Waals surface area contributed by atoms with Crippen molar-refractivity contribution in [3.8, 4) is 11.5 Å². The molecule has 0 amide bonds. The predicted octanol–water partition coefficient (Wildman–Crippen LogP) is 5.32. The van der Waals surface area contributed by atoms with Gasteiger partial charge in [0.05, 0.1) is 17.9 Å². The van der Waals surface area contributed by atoms with Gasteiger partial charge in [-0.2, -0.15) is 13.2 Å². The van der Waals surface area contributed by atoms with Crippen LogP contribution in [0.3, 0.4) is 0 Å². The van der Waals surface area contributed by atoms with Gasteiger partial charge >= 0.3 is 6.18 Å². The Hall–Kier alpha value is -2.02. The van der Waals surface area contributed by atoms with Crippen LogP contribution in [0, 0.1) is 0 Å². The first kappa shape index (κ1) is 17.3. The molecule has 0 bridgehead atoms. The Kier molecular flexibility index (Phi) is 5.30. The Balaban J connectivity index is 2.33. The van der Waals surface area contributed by atoms with E-state index in [0.29, 0.717) is 17.9 Å². The summed E-state index contributed by atoms with van der Waals surface area (Å²) in [5.41, 5.74) is -0.325. The Morgan fingerprint density at radius 2 is 2.00 bits per heavy atom. The molecule has 2 aromatic carbocycles. The van der Waals surface area contributed by atoms with E-state index in [1.165, 1.54) is 18.3 Å². The maximum Gasteiger partial charge on any atom is 0.417 e. The van der Waals surface area contributed by atoms with Crippen LogP contribution in [-0.4, -0.2) is 17.9 Å². The van der Waals surface area contributed by atoms with Crippen molar-refractivity contribution < 1.29 is 23.0 Å². The van der Waals surface area contributed by atoms with E-state index in [1.54, 1.807) is 25.1 Å². The quantitative estimate of drug-likeness (QED) is 0.721. The third-order valence-corrected chi connectivity index (χ3v) is 3.63. The molecular weight excluding hydrogens is 375 g/mol. The van der Waals surface area contributed by atoms with Gasteiger partial charge in [-0.25, -0.2) is 0 Å². The second-order valence-electron chi connectivity index (χ2n) is 4.55. The number of ether oxygens (including phenoxy) is 1. The third-order valence-electron chi connectivity index (χ3n) is 2.94. The van der Waals surface area contributed by atoms with Crippen LogP contribution in [-0.2, 0) is 6.18 Å². The maximum absolute atomic E-state index is 12.9. The Morgan fingerprint density at radius 1 is 1.26 bits per heavy atom. The summed E-state index contributed by atoms with van der Waals surface area (Å²) in [6.45, 7) is 2.16. The number of halogens is 4. The summed E-state index contributed by atoms with van der Waals surface area (Å²) in [5, 5.41) is 10.0. The van der Waals surface area contributed by atoms with Crippen LogP contribution in [0.25, 0.3) is 0 Å². The number of phenolic OH excluding ortho intramolecular Hbond substituents is 1. The monoisotopic (exact) mass is 387 g/mol. The number of phenols is 1. The highest BCUT2D eigenvalue weighted by molar-refractivity contribution is 9.10. The number of hydrogen-bond acceptors (Lipinski definition) is 3. The highest BCUT2D eigenvalue weighted by atomic mass is 79.9. The zero-order chi connectivity index (χ0) is 17.0. The lowest BCUT2D eigenvalue weighted by Crippen LogP contribution is -2.05. The van der Waals surface area contributed by atoms with Crippen molar-refractivity contribution in [3.05, 3.63) is 52.0 Å². The molecule has 0 saturated carbocycles. The number of rotatable bonds is 4. The molecule has 0 aliphatic heterocycles. The van der Waals surface area contributed by atoms with Gasteiger partial charge in [-0.05, 0) is 37.3 Å². The van der Waals surface area contributed by atoms with Crippen molar-refractivity contribution >= 4 is 27.8 Å². The Labute approximate surface area is 139 Å². The zero-order valence-corrected chi connectivity index (χ0v) is 13.6. The molecular formula is C16H13BrF3NO2. The maximum atomic E-state index is 12.9.